The lowest BCUT2D eigenvalue weighted by Crippen LogP contribution is -2.59. The number of benzene rings is 1. The zero-order valence-electron chi connectivity index (χ0n) is 23.6. The molecule has 0 saturated carbocycles. The molecule has 0 aliphatic heterocycles. The minimum Gasteiger partial charge on any atom is -0.412 e. The molecular formula is C16H19BF12O14S4Si. The van der Waals surface area contributed by atoms with E-state index in [0.29, 0.717) is 12.6 Å². The second-order valence-corrected chi connectivity index (χ2v) is 19.7. The molecule has 0 amide bonds. The first kappa shape index (κ1) is 45.8. The summed E-state index contributed by atoms with van der Waals surface area (Å²) in [6.07, 6.45) is 0. The van der Waals surface area contributed by atoms with Crippen molar-refractivity contribution >= 4 is 61.7 Å². The lowest BCUT2D eigenvalue weighted by molar-refractivity contribution is -0.483. The molecule has 0 fully saturated rings. The van der Waals surface area contributed by atoms with Gasteiger partial charge in [0, 0.05) is 5.56 Å². The normalized spacial score (nSPS) is 15.0. The van der Waals surface area contributed by atoms with Crippen LogP contribution in [0.1, 0.15) is 12.5 Å². The zero-order valence-corrected chi connectivity index (χ0v) is 27.8. The maximum Gasteiger partial charge on any atom is 0.587 e. The molecule has 0 saturated heterocycles. The van der Waals surface area contributed by atoms with E-state index in [0.717, 1.165) is 5.56 Å². The Hall–Kier alpha value is -2.23. The Morgan fingerprint density at radius 1 is 0.604 bits per heavy atom. The summed E-state index contributed by atoms with van der Waals surface area (Å²) >= 11 is 0. The maximum atomic E-state index is 12.4. The van der Waals surface area contributed by atoms with Gasteiger partial charge in [0.1, 0.15) is 0 Å². The van der Waals surface area contributed by atoms with E-state index < -0.39 is 77.8 Å². The van der Waals surface area contributed by atoms with Gasteiger partial charge in [0.15, 0.2) is 0 Å². The predicted octanol–water partition coefficient (Wildman–Crippen LogP) is 4.01. The number of hydrogen-bond acceptors (Lipinski definition) is 13. The smallest absolute Gasteiger partial charge is 0.412 e. The Balaban J connectivity index is 0.00000122. The summed E-state index contributed by atoms with van der Waals surface area (Å²) in [6, 6.07) is 10.1. The second-order valence-electron chi connectivity index (χ2n) is 9.04. The number of halogens is 12. The molecule has 0 radical (unpaired) electrons. The second kappa shape index (κ2) is 14.9. The van der Waals surface area contributed by atoms with Crippen molar-refractivity contribution in [3.05, 3.63) is 35.9 Å². The Kier molecular flexibility index (Phi) is 14.2. The summed E-state index contributed by atoms with van der Waals surface area (Å²) in [5.74, 6) is 0.679. The van der Waals surface area contributed by atoms with E-state index in [-0.39, 0.29) is 0 Å². The summed E-state index contributed by atoms with van der Waals surface area (Å²) in [5, 5.41) is 0. The van der Waals surface area contributed by atoms with Crippen molar-refractivity contribution in [1.29, 1.82) is 0 Å². The summed E-state index contributed by atoms with van der Waals surface area (Å²) in [6.45, 7) is 0.995. The van der Waals surface area contributed by atoms with Crippen molar-refractivity contribution in [3.8, 4) is 0 Å². The molecule has 32 heteroatoms. The van der Waals surface area contributed by atoms with Gasteiger partial charge in [-0.3, -0.25) is 0 Å². The van der Waals surface area contributed by atoms with Gasteiger partial charge in [-0.25, -0.2) is 0 Å². The van der Waals surface area contributed by atoms with Crippen molar-refractivity contribution in [2.75, 3.05) is 0 Å². The monoisotopic (exact) mass is 830 g/mol. The topological polar surface area (TPSA) is 194 Å². The quantitative estimate of drug-likeness (QED) is 0.135. The summed E-state index contributed by atoms with van der Waals surface area (Å²) in [4.78, 5) is 0. The molecule has 0 N–H and O–H groups in total. The predicted molar refractivity (Wildman–Crippen MR) is 135 cm³/mol. The fourth-order valence-electron chi connectivity index (χ4n) is 2.15. The Bertz CT molecular complexity index is 1530. The molecule has 0 spiro atoms. The van der Waals surface area contributed by atoms with Crippen LogP contribution in [0, 0.1) is 0 Å². The van der Waals surface area contributed by atoms with Gasteiger partial charge in [0.05, 0.1) is 6.92 Å². The van der Waals surface area contributed by atoms with Crippen LogP contribution in [-0.4, -0.2) is 76.9 Å². The molecule has 48 heavy (non-hydrogen) atoms. The van der Waals surface area contributed by atoms with Crippen LogP contribution in [0.25, 0.3) is 0 Å². The number of alkyl halides is 12. The molecule has 0 unspecified atom stereocenters. The molecule has 0 aliphatic carbocycles. The molecule has 0 atom stereocenters. The highest BCUT2D eigenvalue weighted by Crippen LogP contribution is 2.39. The van der Waals surface area contributed by atoms with Crippen LogP contribution < -0.4 is 0 Å². The van der Waals surface area contributed by atoms with Crippen LogP contribution in [0.4, 0.5) is 52.7 Å². The van der Waals surface area contributed by atoms with Gasteiger partial charge < -0.3 is 25.3 Å². The molecule has 0 heterocycles. The number of hydrogen-bond donors (Lipinski definition) is 0. The number of carbonyl (C=O) groups excluding carboxylic acids is 1. The molecule has 1 aromatic carbocycles. The first-order chi connectivity index (χ1) is 20.8. The first-order valence-corrected chi connectivity index (χ1v) is 20.2. The molecule has 1 aromatic rings. The van der Waals surface area contributed by atoms with Crippen LogP contribution in [0.5, 0.6) is 0 Å². The SMILES string of the molecule is CC(O[Si](C)(C)C)=[O+]Cc1ccccc1.O=S(=O)(O[B-](OS(=O)(=O)C(F)(F)F)(OS(=O)(=O)C(F)(F)F)OS(=O)(=O)C(F)(F)F)C(F)(F)F. The Morgan fingerprint density at radius 3 is 1.10 bits per heavy atom. The van der Waals surface area contributed by atoms with Gasteiger partial charge in [-0.05, 0) is 19.6 Å². The molecular weight excluding hydrogens is 811 g/mol. The van der Waals surface area contributed by atoms with Gasteiger partial charge >= 0.3 is 83.7 Å². The van der Waals surface area contributed by atoms with Crippen molar-refractivity contribution in [2.24, 2.45) is 0 Å². The fourth-order valence-corrected chi connectivity index (χ4v) is 5.52. The minimum absolute atomic E-state index is 0.581. The zero-order chi connectivity index (χ0) is 38.6. The molecule has 0 aromatic heterocycles. The largest absolute Gasteiger partial charge is 0.587 e. The van der Waals surface area contributed by atoms with Crippen LogP contribution in [0.2, 0.25) is 19.6 Å². The lowest BCUT2D eigenvalue weighted by atomic mass is 10.1. The third kappa shape index (κ3) is 13.9. The van der Waals surface area contributed by atoms with Gasteiger partial charge in [-0.15, -0.1) is 0 Å². The van der Waals surface area contributed by atoms with Crippen molar-refractivity contribution in [2.45, 2.75) is 55.2 Å². The molecule has 0 aliphatic rings. The van der Waals surface area contributed by atoms with Crippen molar-refractivity contribution < 1.29 is 112 Å². The highest BCUT2D eigenvalue weighted by Gasteiger charge is 2.64. The maximum absolute atomic E-state index is 12.4. The average molecular weight is 830 g/mol. The summed E-state index contributed by atoms with van der Waals surface area (Å²) < 4.78 is 256. The standard InChI is InChI=1S/C12H19O2Si.C4BF12O12S4/c1-11(14-15(2,3)4)13-10-12-8-6-5-7-9-12;6-1(7,8)30(18,19)26-5(27-31(20,21)2(9,10)11,28-32(22,23)3(12,13)14)29-33(24,25)4(15,16)17/h5-9H,10H2,1-4H3;/q+1;-1. The fraction of sp³-hybridized carbons (Fsp3) is 0.562. The van der Waals surface area contributed by atoms with Crippen LogP contribution in [-0.2, 0) is 72.3 Å². The van der Waals surface area contributed by atoms with E-state index in [1.54, 1.807) is 0 Å². The third-order valence-electron chi connectivity index (χ3n) is 3.85. The summed E-state index contributed by atoms with van der Waals surface area (Å²) in [5.41, 5.74) is -27.4. The Morgan fingerprint density at radius 2 is 0.875 bits per heavy atom. The van der Waals surface area contributed by atoms with Gasteiger partial charge in [-0.1, -0.05) is 30.3 Å². The van der Waals surface area contributed by atoms with E-state index in [1.807, 2.05) is 37.3 Å². The molecule has 282 valence electrons. The van der Waals surface area contributed by atoms with E-state index in [9.17, 15) is 86.4 Å². The highest BCUT2D eigenvalue weighted by molar-refractivity contribution is 7.93. The first-order valence-electron chi connectivity index (χ1n) is 11.2. The molecule has 0 bridgehead atoms. The van der Waals surface area contributed by atoms with Crippen molar-refractivity contribution in [1.82, 2.24) is 0 Å². The lowest BCUT2D eigenvalue weighted by Gasteiger charge is -2.37. The van der Waals surface area contributed by atoms with E-state index in [2.05, 4.69) is 36.0 Å². The minimum atomic E-state index is -8.05. The van der Waals surface area contributed by atoms with Crippen LogP contribution in [0.15, 0.2) is 30.3 Å². The van der Waals surface area contributed by atoms with E-state index in [1.165, 1.54) is 0 Å². The van der Waals surface area contributed by atoms with E-state index >= 15 is 0 Å². The molecule has 1 rings (SSSR count). The van der Waals surface area contributed by atoms with Crippen LogP contribution >= 0.6 is 0 Å². The van der Waals surface area contributed by atoms with Crippen molar-refractivity contribution in [3.63, 3.8) is 0 Å². The molecule has 14 nitrogen and oxygen atoms in total. The van der Waals surface area contributed by atoms with Crippen LogP contribution in [0.3, 0.4) is 0 Å². The van der Waals surface area contributed by atoms with Gasteiger partial charge in [0.2, 0.25) is 6.61 Å². The van der Waals surface area contributed by atoms with E-state index in [4.69, 9.17) is 8.85 Å². The van der Waals surface area contributed by atoms with Gasteiger partial charge in [-0.2, -0.15) is 86.4 Å². The highest BCUT2D eigenvalue weighted by atomic mass is 32.2. The third-order valence-corrected chi connectivity index (χ3v) is 8.97. The Labute approximate surface area is 264 Å². The summed E-state index contributed by atoms with van der Waals surface area (Å²) in [7, 11) is -33.7. The van der Waals surface area contributed by atoms with Gasteiger partial charge in [0.25, 0.3) is 0 Å². The number of rotatable bonds is 11. The average Bonchev–Trinajstić information content (AvgIpc) is 2.78.